The summed E-state index contributed by atoms with van der Waals surface area (Å²) in [5.41, 5.74) is 3.62. The maximum atomic E-state index is 12.0. The predicted octanol–water partition coefficient (Wildman–Crippen LogP) is 4.97. The van der Waals surface area contributed by atoms with Gasteiger partial charge in [0.25, 0.3) is 0 Å². The lowest BCUT2D eigenvalue weighted by Gasteiger charge is -2.11. The molecule has 0 atom stereocenters. The molecule has 0 aliphatic rings. The number of aromatic nitrogens is 1. The molecule has 3 aromatic rings. The number of anilines is 1. The molecule has 0 bridgehead atoms. The van der Waals surface area contributed by atoms with Gasteiger partial charge in [-0.3, -0.25) is 4.72 Å². The number of nitrogens with one attached hydrogen (secondary N) is 1. The Balaban J connectivity index is 2.05. The molecule has 158 valence electrons. The minimum atomic E-state index is -3.35. The van der Waals surface area contributed by atoms with Crippen LogP contribution >= 0.6 is 11.6 Å². The SMILES string of the molecule is CCCS(=O)(=O)Nc1ccc(-c2c(C#N)c3ccc(OCCCl)cc3n2CC)cc1. The second-order valence-corrected chi connectivity index (χ2v) is 9.01. The zero-order chi connectivity index (χ0) is 21.7. The van der Waals surface area contributed by atoms with Crippen molar-refractivity contribution in [2.75, 3.05) is 23.0 Å². The van der Waals surface area contributed by atoms with Crippen molar-refractivity contribution >= 4 is 38.2 Å². The summed E-state index contributed by atoms with van der Waals surface area (Å²) in [6, 6.07) is 15.1. The van der Waals surface area contributed by atoms with E-state index in [0.717, 1.165) is 22.2 Å². The molecule has 2 aromatic carbocycles. The summed E-state index contributed by atoms with van der Waals surface area (Å²) in [5, 5.41) is 10.7. The lowest BCUT2D eigenvalue weighted by atomic mass is 10.1. The molecule has 0 fully saturated rings. The van der Waals surface area contributed by atoms with E-state index in [4.69, 9.17) is 16.3 Å². The Hall–Kier alpha value is -2.69. The number of alkyl halides is 1. The van der Waals surface area contributed by atoms with Crippen LogP contribution in [-0.4, -0.2) is 31.2 Å². The van der Waals surface area contributed by atoms with Gasteiger partial charge in [-0.2, -0.15) is 5.26 Å². The highest BCUT2D eigenvalue weighted by molar-refractivity contribution is 7.92. The van der Waals surface area contributed by atoms with Crippen LogP contribution in [0.4, 0.5) is 5.69 Å². The van der Waals surface area contributed by atoms with Crippen LogP contribution in [0.5, 0.6) is 5.75 Å². The summed E-state index contributed by atoms with van der Waals surface area (Å²) >= 11 is 5.71. The van der Waals surface area contributed by atoms with Gasteiger partial charge in [0.05, 0.1) is 28.4 Å². The number of ether oxygens (including phenoxy) is 1. The first-order valence-electron chi connectivity index (χ1n) is 9.80. The van der Waals surface area contributed by atoms with E-state index in [0.29, 0.717) is 42.5 Å². The van der Waals surface area contributed by atoms with Crippen molar-refractivity contribution in [3.63, 3.8) is 0 Å². The summed E-state index contributed by atoms with van der Waals surface area (Å²) in [5.74, 6) is 1.17. The van der Waals surface area contributed by atoms with E-state index in [1.165, 1.54) is 0 Å². The highest BCUT2D eigenvalue weighted by atomic mass is 35.5. The summed E-state index contributed by atoms with van der Waals surface area (Å²) in [4.78, 5) is 0. The number of hydrogen-bond acceptors (Lipinski definition) is 4. The Morgan fingerprint density at radius 2 is 1.90 bits per heavy atom. The molecule has 8 heteroatoms. The van der Waals surface area contributed by atoms with E-state index >= 15 is 0 Å². The predicted molar refractivity (Wildman–Crippen MR) is 122 cm³/mol. The molecular weight excluding hydrogens is 422 g/mol. The highest BCUT2D eigenvalue weighted by Gasteiger charge is 2.19. The maximum absolute atomic E-state index is 12.0. The molecule has 30 heavy (non-hydrogen) atoms. The number of fused-ring (bicyclic) bond motifs is 1. The van der Waals surface area contributed by atoms with Crippen LogP contribution in [0.25, 0.3) is 22.2 Å². The number of nitrogens with zero attached hydrogens (tertiary/aromatic N) is 2. The number of rotatable bonds is 9. The molecule has 0 radical (unpaired) electrons. The van der Waals surface area contributed by atoms with Crippen LogP contribution in [0.1, 0.15) is 25.8 Å². The third-order valence-electron chi connectivity index (χ3n) is 4.71. The van der Waals surface area contributed by atoms with Crippen molar-refractivity contribution in [3.05, 3.63) is 48.0 Å². The van der Waals surface area contributed by atoms with Crippen LogP contribution in [0.2, 0.25) is 0 Å². The highest BCUT2D eigenvalue weighted by Crippen LogP contribution is 2.35. The van der Waals surface area contributed by atoms with Crippen molar-refractivity contribution in [2.45, 2.75) is 26.8 Å². The summed E-state index contributed by atoms with van der Waals surface area (Å²) in [6.07, 6.45) is 0.548. The molecule has 0 spiro atoms. The first kappa shape index (κ1) is 22.0. The Labute approximate surface area is 182 Å². The van der Waals surface area contributed by atoms with E-state index in [1.54, 1.807) is 12.1 Å². The third-order valence-corrected chi connectivity index (χ3v) is 6.36. The fourth-order valence-electron chi connectivity index (χ4n) is 3.51. The number of sulfonamides is 1. The molecule has 0 aliphatic heterocycles. The van der Waals surface area contributed by atoms with E-state index in [1.807, 2.05) is 44.2 Å². The second kappa shape index (κ2) is 9.41. The van der Waals surface area contributed by atoms with Crippen LogP contribution in [0.15, 0.2) is 42.5 Å². The fraction of sp³-hybridized carbons (Fsp3) is 0.318. The zero-order valence-electron chi connectivity index (χ0n) is 17.0. The molecule has 6 nitrogen and oxygen atoms in total. The number of aryl methyl sites for hydroxylation is 1. The monoisotopic (exact) mass is 445 g/mol. The quantitative estimate of drug-likeness (QED) is 0.471. The van der Waals surface area contributed by atoms with Crippen molar-refractivity contribution < 1.29 is 13.2 Å². The average Bonchev–Trinajstić information content (AvgIpc) is 3.05. The molecule has 0 unspecified atom stereocenters. The molecule has 1 aromatic heterocycles. The number of hydrogen-bond donors (Lipinski definition) is 1. The van der Waals surface area contributed by atoms with E-state index < -0.39 is 10.0 Å². The van der Waals surface area contributed by atoms with Gasteiger partial charge < -0.3 is 9.30 Å². The van der Waals surface area contributed by atoms with Crippen LogP contribution in [-0.2, 0) is 16.6 Å². The topological polar surface area (TPSA) is 84.1 Å². The first-order valence-corrected chi connectivity index (χ1v) is 12.0. The minimum absolute atomic E-state index is 0.0749. The van der Waals surface area contributed by atoms with Gasteiger partial charge in [-0.15, -0.1) is 11.6 Å². The molecule has 0 saturated carbocycles. The van der Waals surface area contributed by atoms with Gasteiger partial charge in [0.15, 0.2) is 0 Å². The molecule has 0 saturated heterocycles. The molecule has 0 amide bonds. The average molecular weight is 446 g/mol. The largest absolute Gasteiger partial charge is 0.492 e. The van der Waals surface area contributed by atoms with Crippen molar-refractivity contribution in [1.82, 2.24) is 4.57 Å². The summed E-state index contributed by atoms with van der Waals surface area (Å²) in [7, 11) is -3.35. The van der Waals surface area contributed by atoms with Crippen LogP contribution < -0.4 is 9.46 Å². The van der Waals surface area contributed by atoms with Crippen LogP contribution in [0.3, 0.4) is 0 Å². The zero-order valence-corrected chi connectivity index (χ0v) is 18.6. The number of benzene rings is 2. The molecule has 3 rings (SSSR count). The summed E-state index contributed by atoms with van der Waals surface area (Å²) in [6.45, 7) is 4.91. The number of nitriles is 1. The van der Waals surface area contributed by atoms with Gasteiger partial charge in [-0.25, -0.2) is 8.42 Å². The van der Waals surface area contributed by atoms with Gasteiger partial charge in [0, 0.05) is 23.7 Å². The summed E-state index contributed by atoms with van der Waals surface area (Å²) < 4.78 is 34.3. The van der Waals surface area contributed by atoms with Crippen LogP contribution in [0, 0.1) is 11.3 Å². The Bertz CT molecular complexity index is 1180. The van der Waals surface area contributed by atoms with Crippen molar-refractivity contribution in [3.8, 4) is 23.1 Å². The fourth-order valence-corrected chi connectivity index (χ4v) is 4.72. The third kappa shape index (κ3) is 4.55. The smallest absolute Gasteiger partial charge is 0.232 e. The van der Waals surface area contributed by atoms with Gasteiger partial charge in [-0.05, 0) is 43.2 Å². The maximum Gasteiger partial charge on any atom is 0.232 e. The van der Waals surface area contributed by atoms with Crippen molar-refractivity contribution in [2.24, 2.45) is 0 Å². The first-order chi connectivity index (χ1) is 14.4. The van der Waals surface area contributed by atoms with Gasteiger partial charge >= 0.3 is 0 Å². The lowest BCUT2D eigenvalue weighted by Crippen LogP contribution is -2.15. The van der Waals surface area contributed by atoms with E-state index in [9.17, 15) is 13.7 Å². The van der Waals surface area contributed by atoms with Gasteiger partial charge in [0.2, 0.25) is 10.0 Å². The van der Waals surface area contributed by atoms with Gasteiger partial charge in [0.1, 0.15) is 18.4 Å². The lowest BCUT2D eigenvalue weighted by molar-refractivity contribution is 0.343. The minimum Gasteiger partial charge on any atom is -0.492 e. The normalized spacial score (nSPS) is 11.4. The molecule has 1 N–H and O–H groups in total. The Kier molecular flexibility index (Phi) is 6.91. The van der Waals surface area contributed by atoms with E-state index in [-0.39, 0.29) is 5.75 Å². The van der Waals surface area contributed by atoms with Crippen molar-refractivity contribution in [1.29, 1.82) is 5.26 Å². The number of halogens is 1. The molecular formula is C22H24ClN3O3S. The second-order valence-electron chi connectivity index (χ2n) is 6.79. The molecule has 0 aliphatic carbocycles. The standard InChI is InChI=1S/C22H24ClN3O3S/c1-3-13-30(27,28)25-17-7-5-16(6-8-17)22-20(15-24)19-10-9-18(29-12-11-23)14-21(19)26(22)4-2/h5-10,14,25H,3-4,11-13H2,1-2H3. The molecule has 1 heterocycles. The Morgan fingerprint density at radius 3 is 2.50 bits per heavy atom. The van der Waals surface area contributed by atoms with Gasteiger partial charge in [-0.1, -0.05) is 19.1 Å². The Morgan fingerprint density at radius 1 is 1.17 bits per heavy atom. The van der Waals surface area contributed by atoms with E-state index in [2.05, 4.69) is 15.4 Å².